The van der Waals surface area contributed by atoms with Crippen LogP contribution in [0.1, 0.15) is 44.1 Å². The molecule has 1 aromatic heterocycles. The summed E-state index contributed by atoms with van der Waals surface area (Å²) < 4.78 is 0. The molecule has 1 aliphatic rings. The van der Waals surface area contributed by atoms with Crippen LogP contribution < -0.4 is 5.32 Å². The van der Waals surface area contributed by atoms with Crippen molar-refractivity contribution in [3.8, 4) is 10.6 Å². The number of thiazole rings is 1. The van der Waals surface area contributed by atoms with Crippen LogP contribution in [0, 0.1) is 6.92 Å². The first-order valence-corrected chi connectivity index (χ1v) is 11.1. The highest BCUT2D eigenvalue weighted by atomic mass is 35.5. The number of hydrogen-bond donors (Lipinski definition) is 1. The van der Waals surface area contributed by atoms with Gasteiger partial charge < -0.3 is 5.32 Å². The van der Waals surface area contributed by atoms with Crippen molar-refractivity contribution >= 4 is 40.7 Å². The second-order valence-corrected chi connectivity index (χ2v) is 8.69. The SMILES string of the molecule is Cc1nc(-c2ccccc2Cl)sc1CNC(=O)CCCN1C(=O)c2ccccc2C1=O. The second-order valence-electron chi connectivity index (χ2n) is 7.20. The van der Waals surface area contributed by atoms with E-state index in [2.05, 4.69) is 10.3 Å². The van der Waals surface area contributed by atoms with E-state index in [0.29, 0.717) is 29.1 Å². The molecule has 0 unspecified atom stereocenters. The first-order valence-electron chi connectivity index (χ1n) is 9.89. The maximum atomic E-state index is 12.4. The van der Waals surface area contributed by atoms with Gasteiger partial charge in [-0.3, -0.25) is 19.3 Å². The van der Waals surface area contributed by atoms with E-state index in [9.17, 15) is 14.4 Å². The summed E-state index contributed by atoms with van der Waals surface area (Å²) >= 11 is 7.75. The molecule has 31 heavy (non-hydrogen) atoms. The minimum absolute atomic E-state index is 0.135. The molecule has 0 saturated carbocycles. The van der Waals surface area contributed by atoms with Gasteiger partial charge >= 0.3 is 0 Å². The Morgan fingerprint density at radius 3 is 2.29 bits per heavy atom. The summed E-state index contributed by atoms with van der Waals surface area (Å²) in [6.07, 6.45) is 0.631. The highest BCUT2D eigenvalue weighted by Gasteiger charge is 2.34. The highest BCUT2D eigenvalue weighted by molar-refractivity contribution is 7.15. The molecule has 0 spiro atoms. The predicted molar refractivity (Wildman–Crippen MR) is 120 cm³/mol. The van der Waals surface area contributed by atoms with Gasteiger partial charge in [-0.15, -0.1) is 11.3 Å². The minimum Gasteiger partial charge on any atom is -0.351 e. The molecule has 0 radical (unpaired) electrons. The molecule has 6 nitrogen and oxygen atoms in total. The van der Waals surface area contributed by atoms with Crippen molar-refractivity contribution in [1.82, 2.24) is 15.2 Å². The third-order valence-electron chi connectivity index (χ3n) is 5.11. The van der Waals surface area contributed by atoms with Crippen LogP contribution >= 0.6 is 22.9 Å². The molecular weight excluding hydrogens is 434 g/mol. The van der Waals surface area contributed by atoms with Gasteiger partial charge in [0.15, 0.2) is 0 Å². The standard InChI is InChI=1S/C23H20ClN3O3S/c1-14-19(31-21(26-14)17-9-4-5-10-18(17)24)13-25-20(28)11-6-12-27-22(29)15-7-2-3-8-16(15)23(27)30/h2-5,7-10H,6,11-13H2,1H3,(H,25,28). The molecule has 2 aromatic carbocycles. The number of aryl methyl sites for hydroxylation is 1. The molecule has 3 amide bonds. The molecule has 2 heterocycles. The summed E-state index contributed by atoms with van der Waals surface area (Å²) in [6, 6.07) is 14.3. The van der Waals surface area contributed by atoms with Gasteiger partial charge in [-0.25, -0.2) is 4.98 Å². The lowest BCUT2D eigenvalue weighted by atomic mass is 10.1. The number of imide groups is 1. The number of benzene rings is 2. The van der Waals surface area contributed by atoms with Crippen LogP contribution in [-0.2, 0) is 11.3 Å². The molecule has 0 saturated heterocycles. The Hall–Kier alpha value is -3.03. The van der Waals surface area contributed by atoms with E-state index < -0.39 is 0 Å². The number of hydrogen-bond acceptors (Lipinski definition) is 5. The van der Waals surface area contributed by atoms with E-state index in [1.54, 1.807) is 24.3 Å². The zero-order chi connectivity index (χ0) is 22.0. The molecule has 0 aliphatic carbocycles. The molecule has 8 heteroatoms. The van der Waals surface area contributed by atoms with E-state index in [-0.39, 0.29) is 30.7 Å². The Labute approximate surface area is 188 Å². The quantitative estimate of drug-likeness (QED) is 0.535. The van der Waals surface area contributed by atoms with Crippen LogP contribution in [0.5, 0.6) is 0 Å². The average molecular weight is 454 g/mol. The van der Waals surface area contributed by atoms with Crippen LogP contribution in [0.25, 0.3) is 10.6 Å². The number of amides is 3. The fourth-order valence-corrected chi connectivity index (χ4v) is 4.77. The van der Waals surface area contributed by atoms with Crippen LogP contribution in [0.4, 0.5) is 0 Å². The molecule has 0 fully saturated rings. The molecule has 0 atom stereocenters. The highest BCUT2D eigenvalue weighted by Crippen LogP contribution is 2.32. The number of carbonyl (C=O) groups excluding carboxylic acids is 3. The number of nitrogens with one attached hydrogen (secondary N) is 1. The summed E-state index contributed by atoms with van der Waals surface area (Å²) in [4.78, 5) is 43.7. The number of nitrogens with zero attached hydrogens (tertiary/aromatic N) is 2. The number of rotatable bonds is 7. The van der Waals surface area contributed by atoms with Gasteiger partial charge in [0.2, 0.25) is 5.91 Å². The molecule has 158 valence electrons. The lowest BCUT2D eigenvalue weighted by molar-refractivity contribution is -0.121. The van der Waals surface area contributed by atoms with Crippen LogP contribution in [0.15, 0.2) is 48.5 Å². The number of aromatic nitrogens is 1. The lowest BCUT2D eigenvalue weighted by Gasteiger charge is -2.13. The van der Waals surface area contributed by atoms with Crippen molar-refractivity contribution < 1.29 is 14.4 Å². The van der Waals surface area contributed by atoms with Crippen LogP contribution in [0.3, 0.4) is 0 Å². The van der Waals surface area contributed by atoms with E-state index in [1.807, 2.05) is 31.2 Å². The third-order valence-corrected chi connectivity index (χ3v) is 6.63. The van der Waals surface area contributed by atoms with Crippen molar-refractivity contribution in [3.05, 3.63) is 75.3 Å². The summed E-state index contributed by atoms with van der Waals surface area (Å²) in [5.74, 6) is -0.731. The normalized spacial score (nSPS) is 12.9. The Balaban J connectivity index is 1.29. The summed E-state index contributed by atoms with van der Waals surface area (Å²) in [6.45, 7) is 2.50. The number of carbonyl (C=O) groups is 3. The lowest BCUT2D eigenvalue weighted by Crippen LogP contribution is -2.32. The maximum absolute atomic E-state index is 12.4. The number of fused-ring (bicyclic) bond motifs is 1. The number of halogens is 1. The zero-order valence-corrected chi connectivity index (χ0v) is 18.4. The van der Waals surface area contributed by atoms with E-state index in [4.69, 9.17) is 11.6 Å². The van der Waals surface area contributed by atoms with Crippen molar-refractivity contribution in [2.24, 2.45) is 0 Å². The average Bonchev–Trinajstić information content (AvgIpc) is 3.25. The Morgan fingerprint density at radius 1 is 1.03 bits per heavy atom. The largest absolute Gasteiger partial charge is 0.351 e. The predicted octanol–water partition coefficient (Wildman–Crippen LogP) is 4.46. The van der Waals surface area contributed by atoms with Crippen molar-refractivity contribution in [1.29, 1.82) is 0 Å². The summed E-state index contributed by atoms with van der Waals surface area (Å²) in [5, 5.41) is 4.35. The zero-order valence-electron chi connectivity index (χ0n) is 16.9. The second kappa shape index (κ2) is 8.99. The van der Waals surface area contributed by atoms with Gasteiger partial charge in [-0.2, -0.15) is 0 Å². The Kier molecular flexibility index (Phi) is 6.15. The molecule has 4 rings (SSSR count). The van der Waals surface area contributed by atoms with E-state index >= 15 is 0 Å². The fourth-order valence-electron chi connectivity index (χ4n) is 3.45. The van der Waals surface area contributed by atoms with Crippen molar-refractivity contribution in [2.45, 2.75) is 26.3 Å². The molecular formula is C23H20ClN3O3S. The van der Waals surface area contributed by atoms with Gasteiger partial charge in [-0.05, 0) is 31.5 Å². The maximum Gasteiger partial charge on any atom is 0.261 e. The third kappa shape index (κ3) is 4.38. The van der Waals surface area contributed by atoms with E-state index in [0.717, 1.165) is 21.1 Å². The first kappa shape index (κ1) is 21.2. The minimum atomic E-state index is -0.298. The first-order chi connectivity index (χ1) is 15.0. The van der Waals surface area contributed by atoms with E-state index in [1.165, 1.54) is 16.2 Å². The molecule has 0 bridgehead atoms. The van der Waals surface area contributed by atoms with Crippen molar-refractivity contribution in [2.75, 3.05) is 6.54 Å². The van der Waals surface area contributed by atoms with Gasteiger partial charge in [-0.1, -0.05) is 41.9 Å². The Bertz CT molecular complexity index is 1140. The fraction of sp³-hybridized carbons (Fsp3) is 0.217. The van der Waals surface area contributed by atoms with Gasteiger partial charge in [0.25, 0.3) is 11.8 Å². The molecule has 1 aliphatic heterocycles. The van der Waals surface area contributed by atoms with Crippen molar-refractivity contribution in [3.63, 3.8) is 0 Å². The monoisotopic (exact) mass is 453 g/mol. The molecule has 1 N–H and O–H groups in total. The summed E-state index contributed by atoms with van der Waals surface area (Å²) in [7, 11) is 0. The van der Waals surface area contributed by atoms with Crippen LogP contribution in [-0.4, -0.2) is 34.2 Å². The summed E-state index contributed by atoms with van der Waals surface area (Å²) in [5.41, 5.74) is 2.57. The van der Waals surface area contributed by atoms with Gasteiger partial charge in [0.05, 0.1) is 28.4 Å². The van der Waals surface area contributed by atoms with Gasteiger partial charge in [0, 0.05) is 23.4 Å². The smallest absolute Gasteiger partial charge is 0.261 e. The molecule has 3 aromatic rings. The van der Waals surface area contributed by atoms with Gasteiger partial charge in [0.1, 0.15) is 5.01 Å². The Morgan fingerprint density at radius 2 is 1.65 bits per heavy atom. The topological polar surface area (TPSA) is 79.4 Å². The van der Waals surface area contributed by atoms with Crippen LogP contribution in [0.2, 0.25) is 5.02 Å².